The predicted molar refractivity (Wildman–Crippen MR) is 92.8 cm³/mol. The van der Waals surface area contributed by atoms with Crippen molar-refractivity contribution in [1.29, 1.82) is 0 Å². The van der Waals surface area contributed by atoms with Gasteiger partial charge in [0.25, 0.3) is 0 Å². The number of morpholine rings is 1. The molecule has 4 heterocycles. The number of pyridine rings is 2. The van der Waals surface area contributed by atoms with Crippen molar-refractivity contribution in [1.82, 2.24) is 24.6 Å². The van der Waals surface area contributed by atoms with Gasteiger partial charge in [0.15, 0.2) is 0 Å². The number of hydrogen-bond acceptors (Lipinski definition) is 5. The summed E-state index contributed by atoms with van der Waals surface area (Å²) in [7, 11) is 1.88. The molecule has 0 radical (unpaired) electrons. The van der Waals surface area contributed by atoms with Crippen molar-refractivity contribution >= 4 is 16.8 Å². The Labute approximate surface area is 145 Å². The number of aromatic nitrogens is 4. The molecule has 3 aromatic heterocycles. The lowest BCUT2D eigenvalue weighted by molar-refractivity contribution is -0.134. The highest BCUT2D eigenvalue weighted by Gasteiger charge is 2.17. The minimum Gasteiger partial charge on any atom is -0.378 e. The van der Waals surface area contributed by atoms with Crippen LogP contribution in [0.25, 0.3) is 22.2 Å². The van der Waals surface area contributed by atoms with Gasteiger partial charge in [-0.25, -0.2) is 4.98 Å². The lowest BCUT2D eigenvalue weighted by Gasteiger charge is -2.26. The number of aryl methyl sites for hydroxylation is 1. The van der Waals surface area contributed by atoms with Gasteiger partial charge in [0.1, 0.15) is 0 Å². The second-order valence-corrected chi connectivity index (χ2v) is 6.14. The molecule has 7 nitrogen and oxygen atoms in total. The van der Waals surface area contributed by atoms with Crippen LogP contribution in [0, 0.1) is 0 Å². The zero-order valence-corrected chi connectivity index (χ0v) is 14.1. The van der Waals surface area contributed by atoms with Gasteiger partial charge in [0.05, 0.1) is 42.7 Å². The highest BCUT2D eigenvalue weighted by molar-refractivity contribution is 5.83. The standard InChI is InChI=1S/C18H19N5O2/c1-22-12-14(11-20-22)16-3-2-13-10-19-15(8-17(13)21-16)9-18(24)23-4-6-25-7-5-23/h2-3,8,10-12H,4-7,9H2,1H3. The average Bonchev–Trinajstić information content (AvgIpc) is 3.08. The molecule has 0 saturated carbocycles. The van der Waals surface area contributed by atoms with Gasteiger partial charge in [0, 0.05) is 43.5 Å². The van der Waals surface area contributed by atoms with Crippen molar-refractivity contribution in [2.75, 3.05) is 26.3 Å². The van der Waals surface area contributed by atoms with Crippen molar-refractivity contribution in [3.63, 3.8) is 0 Å². The van der Waals surface area contributed by atoms with Crippen LogP contribution in [-0.2, 0) is 23.0 Å². The van der Waals surface area contributed by atoms with E-state index in [1.54, 1.807) is 17.1 Å². The second-order valence-electron chi connectivity index (χ2n) is 6.14. The van der Waals surface area contributed by atoms with E-state index in [4.69, 9.17) is 9.72 Å². The number of carbonyl (C=O) groups is 1. The lowest BCUT2D eigenvalue weighted by atomic mass is 10.1. The Hall–Kier alpha value is -2.80. The van der Waals surface area contributed by atoms with Crippen molar-refractivity contribution in [3.8, 4) is 11.3 Å². The number of amides is 1. The molecule has 0 aromatic carbocycles. The third-order valence-corrected chi connectivity index (χ3v) is 4.33. The molecule has 3 aromatic rings. The first-order chi connectivity index (χ1) is 12.2. The lowest BCUT2D eigenvalue weighted by Crippen LogP contribution is -2.41. The minimum absolute atomic E-state index is 0.0820. The monoisotopic (exact) mass is 337 g/mol. The Morgan fingerprint density at radius 2 is 2.08 bits per heavy atom. The number of carbonyl (C=O) groups excluding carboxylic acids is 1. The molecule has 1 amide bonds. The third kappa shape index (κ3) is 3.36. The number of fused-ring (bicyclic) bond motifs is 1. The van der Waals surface area contributed by atoms with E-state index in [0.717, 1.165) is 27.9 Å². The minimum atomic E-state index is 0.0820. The van der Waals surface area contributed by atoms with Crippen LogP contribution in [0.4, 0.5) is 0 Å². The molecule has 0 bridgehead atoms. The fraction of sp³-hybridized carbons (Fsp3) is 0.333. The molecule has 4 rings (SSSR count). The fourth-order valence-electron chi connectivity index (χ4n) is 2.95. The fourth-order valence-corrected chi connectivity index (χ4v) is 2.95. The SMILES string of the molecule is Cn1cc(-c2ccc3cnc(CC(=O)N4CCOCC4)cc3n2)cn1. The number of hydrogen-bond donors (Lipinski definition) is 0. The molecular weight excluding hydrogens is 318 g/mol. The summed E-state index contributed by atoms with van der Waals surface area (Å²) in [5, 5.41) is 5.14. The first-order valence-electron chi connectivity index (χ1n) is 8.29. The molecule has 0 aliphatic carbocycles. The normalized spacial score (nSPS) is 14.8. The largest absolute Gasteiger partial charge is 0.378 e. The molecule has 1 saturated heterocycles. The van der Waals surface area contributed by atoms with E-state index in [1.165, 1.54) is 0 Å². The van der Waals surface area contributed by atoms with Gasteiger partial charge in [-0.3, -0.25) is 14.5 Å². The van der Waals surface area contributed by atoms with E-state index in [9.17, 15) is 4.79 Å². The quantitative estimate of drug-likeness (QED) is 0.723. The summed E-state index contributed by atoms with van der Waals surface area (Å²) >= 11 is 0. The van der Waals surface area contributed by atoms with E-state index in [2.05, 4.69) is 10.1 Å². The van der Waals surface area contributed by atoms with Crippen LogP contribution in [0.15, 0.2) is 36.8 Å². The van der Waals surface area contributed by atoms with Gasteiger partial charge in [-0.05, 0) is 18.2 Å². The topological polar surface area (TPSA) is 73.1 Å². The highest BCUT2D eigenvalue weighted by atomic mass is 16.5. The molecule has 7 heteroatoms. The van der Waals surface area contributed by atoms with Gasteiger partial charge < -0.3 is 9.64 Å². The Kier molecular flexibility index (Phi) is 4.15. The molecule has 1 fully saturated rings. The molecular formula is C18H19N5O2. The molecule has 128 valence electrons. The van der Waals surface area contributed by atoms with Crippen LogP contribution in [0.5, 0.6) is 0 Å². The maximum Gasteiger partial charge on any atom is 0.228 e. The Balaban J connectivity index is 1.59. The number of rotatable bonds is 3. The van der Waals surface area contributed by atoms with Crippen molar-refractivity contribution in [2.24, 2.45) is 7.05 Å². The summed E-state index contributed by atoms with van der Waals surface area (Å²) in [5.41, 5.74) is 3.39. The zero-order chi connectivity index (χ0) is 17.2. The predicted octanol–water partition coefficient (Wildman–Crippen LogP) is 1.43. The second kappa shape index (κ2) is 6.60. The summed E-state index contributed by atoms with van der Waals surface area (Å²) in [6.45, 7) is 2.51. The van der Waals surface area contributed by atoms with E-state index in [1.807, 2.05) is 36.3 Å². The van der Waals surface area contributed by atoms with E-state index in [0.29, 0.717) is 26.3 Å². The van der Waals surface area contributed by atoms with Crippen LogP contribution in [0.2, 0.25) is 0 Å². The van der Waals surface area contributed by atoms with Crippen molar-refractivity contribution in [2.45, 2.75) is 6.42 Å². The van der Waals surface area contributed by atoms with Crippen LogP contribution < -0.4 is 0 Å². The van der Waals surface area contributed by atoms with Crippen molar-refractivity contribution in [3.05, 3.63) is 42.5 Å². The summed E-state index contributed by atoms with van der Waals surface area (Å²) < 4.78 is 7.04. The highest BCUT2D eigenvalue weighted by Crippen LogP contribution is 2.20. The molecule has 0 spiro atoms. The molecule has 0 N–H and O–H groups in total. The van der Waals surface area contributed by atoms with Crippen LogP contribution in [0.3, 0.4) is 0 Å². The van der Waals surface area contributed by atoms with Gasteiger partial charge in [0.2, 0.25) is 5.91 Å². The maximum atomic E-state index is 12.4. The number of ether oxygens (including phenoxy) is 1. The third-order valence-electron chi connectivity index (χ3n) is 4.33. The average molecular weight is 337 g/mol. The number of nitrogens with zero attached hydrogens (tertiary/aromatic N) is 5. The van der Waals surface area contributed by atoms with E-state index < -0.39 is 0 Å². The summed E-state index contributed by atoms with van der Waals surface area (Å²) in [5.74, 6) is 0.0820. The summed E-state index contributed by atoms with van der Waals surface area (Å²) in [6, 6.07) is 5.85. The van der Waals surface area contributed by atoms with E-state index >= 15 is 0 Å². The van der Waals surface area contributed by atoms with Crippen LogP contribution in [-0.4, -0.2) is 56.9 Å². The Bertz CT molecular complexity index is 915. The summed E-state index contributed by atoms with van der Waals surface area (Å²) in [4.78, 5) is 23.3. The molecule has 25 heavy (non-hydrogen) atoms. The molecule has 0 atom stereocenters. The van der Waals surface area contributed by atoms with Crippen LogP contribution >= 0.6 is 0 Å². The first kappa shape index (κ1) is 15.7. The van der Waals surface area contributed by atoms with Gasteiger partial charge in [-0.15, -0.1) is 0 Å². The van der Waals surface area contributed by atoms with Crippen molar-refractivity contribution < 1.29 is 9.53 Å². The zero-order valence-electron chi connectivity index (χ0n) is 14.1. The van der Waals surface area contributed by atoms with Gasteiger partial charge in [-0.2, -0.15) is 5.10 Å². The Morgan fingerprint density at radius 1 is 1.24 bits per heavy atom. The van der Waals surface area contributed by atoms with Gasteiger partial charge >= 0.3 is 0 Å². The van der Waals surface area contributed by atoms with Crippen LogP contribution in [0.1, 0.15) is 5.69 Å². The first-order valence-corrected chi connectivity index (χ1v) is 8.29. The maximum absolute atomic E-state index is 12.4. The summed E-state index contributed by atoms with van der Waals surface area (Å²) in [6.07, 6.45) is 5.78. The van der Waals surface area contributed by atoms with Gasteiger partial charge in [-0.1, -0.05) is 0 Å². The molecule has 1 aliphatic heterocycles. The molecule has 1 aliphatic rings. The molecule has 0 unspecified atom stereocenters. The van der Waals surface area contributed by atoms with E-state index in [-0.39, 0.29) is 12.3 Å². The smallest absolute Gasteiger partial charge is 0.228 e. The Morgan fingerprint density at radius 3 is 2.84 bits per heavy atom.